The summed E-state index contributed by atoms with van der Waals surface area (Å²) in [5, 5.41) is 12.3. The van der Waals surface area contributed by atoms with Crippen LogP contribution in [0.25, 0.3) is 11.0 Å². The number of benzene rings is 2. The molecule has 0 spiro atoms. The summed E-state index contributed by atoms with van der Waals surface area (Å²) in [4.78, 5) is 37.1. The van der Waals surface area contributed by atoms with Gasteiger partial charge in [-0.05, 0) is 67.8 Å². The second-order valence-corrected chi connectivity index (χ2v) is 10.1. The lowest BCUT2D eigenvalue weighted by molar-refractivity contribution is -0.137. The van der Waals surface area contributed by atoms with Gasteiger partial charge in [-0.15, -0.1) is 0 Å². The van der Waals surface area contributed by atoms with E-state index in [0.29, 0.717) is 42.8 Å². The average molecular weight is 540 g/mol. The molecule has 5 rings (SSSR count). The first kappa shape index (κ1) is 26.6. The van der Waals surface area contributed by atoms with Crippen LogP contribution in [0.1, 0.15) is 47.1 Å². The summed E-state index contributed by atoms with van der Waals surface area (Å²) in [7, 11) is 1.77. The maximum Gasteiger partial charge on any atom is 0.416 e. The van der Waals surface area contributed by atoms with E-state index in [1.54, 1.807) is 24.1 Å². The highest BCUT2D eigenvalue weighted by Gasteiger charge is 2.43. The Labute approximate surface area is 222 Å². The summed E-state index contributed by atoms with van der Waals surface area (Å²) in [6.45, 7) is 2.82. The Bertz CT molecular complexity index is 1500. The van der Waals surface area contributed by atoms with Crippen LogP contribution < -0.4 is 5.32 Å². The number of aliphatic hydroxyl groups is 1. The van der Waals surface area contributed by atoms with Crippen molar-refractivity contribution < 1.29 is 27.9 Å². The van der Waals surface area contributed by atoms with E-state index in [4.69, 9.17) is 4.98 Å². The fourth-order valence-corrected chi connectivity index (χ4v) is 5.24. The number of imidazole rings is 1. The Hall–Kier alpha value is -3.99. The maximum atomic E-state index is 13.3. The van der Waals surface area contributed by atoms with Gasteiger partial charge in [-0.2, -0.15) is 13.2 Å². The number of nitrogens with one attached hydrogen (secondary N) is 1. The van der Waals surface area contributed by atoms with Crippen molar-refractivity contribution in [3.8, 4) is 0 Å². The predicted molar refractivity (Wildman–Crippen MR) is 139 cm³/mol. The van der Waals surface area contributed by atoms with Gasteiger partial charge in [-0.1, -0.05) is 12.1 Å². The average Bonchev–Trinajstić information content (AvgIpc) is 3.60. The number of aryl methyl sites for hydroxylation is 1. The van der Waals surface area contributed by atoms with Gasteiger partial charge in [0.25, 0.3) is 5.91 Å². The van der Waals surface area contributed by atoms with Crippen molar-refractivity contribution >= 4 is 29.1 Å². The van der Waals surface area contributed by atoms with Gasteiger partial charge in [0.05, 0.1) is 22.0 Å². The summed E-state index contributed by atoms with van der Waals surface area (Å²) in [5.74, 6) is -0.387. The number of nitrogens with zero attached hydrogens (tertiary/aromatic N) is 4. The number of rotatable bonds is 7. The Morgan fingerprint density at radius 2 is 2.00 bits per heavy atom. The molecule has 8 nitrogen and oxygen atoms in total. The molecule has 2 aliphatic rings. The number of aliphatic hydroxyl groups excluding tert-OH is 1. The lowest BCUT2D eigenvalue weighted by Crippen LogP contribution is -2.44. The van der Waals surface area contributed by atoms with Gasteiger partial charge < -0.3 is 19.9 Å². The Kier molecular flexibility index (Phi) is 6.58. The van der Waals surface area contributed by atoms with Crippen molar-refractivity contribution in [3.05, 3.63) is 77.1 Å². The van der Waals surface area contributed by atoms with E-state index >= 15 is 0 Å². The van der Waals surface area contributed by atoms with Crippen molar-refractivity contribution in [1.82, 2.24) is 19.8 Å². The van der Waals surface area contributed by atoms with Crippen LogP contribution in [-0.4, -0.2) is 57.8 Å². The van der Waals surface area contributed by atoms with Gasteiger partial charge in [0.1, 0.15) is 0 Å². The first-order valence-corrected chi connectivity index (χ1v) is 12.6. The summed E-state index contributed by atoms with van der Waals surface area (Å²) in [6.07, 6.45) is 1.19. The number of carbonyl (C=O) groups is 2. The molecule has 1 fully saturated rings. The van der Waals surface area contributed by atoms with E-state index in [9.17, 15) is 27.9 Å². The van der Waals surface area contributed by atoms with Gasteiger partial charge in [0.15, 0.2) is 5.82 Å². The van der Waals surface area contributed by atoms with Crippen LogP contribution in [0, 0.1) is 0 Å². The van der Waals surface area contributed by atoms with Crippen molar-refractivity contribution in [2.45, 2.75) is 43.6 Å². The molecule has 0 saturated carbocycles. The topological polar surface area (TPSA) is 99.8 Å². The highest BCUT2D eigenvalue weighted by atomic mass is 19.4. The van der Waals surface area contributed by atoms with Gasteiger partial charge in [0, 0.05) is 38.5 Å². The highest BCUT2D eigenvalue weighted by molar-refractivity contribution is 5.96. The summed E-state index contributed by atoms with van der Waals surface area (Å²) in [6, 6.07) is 9.79. The smallest absolute Gasteiger partial charge is 0.396 e. The molecule has 2 aromatic carbocycles. The fourth-order valence-electron chi connectivity index (χ4n) is 5.24. The van der Waals surface area contributed by atoms with Crippen LogP contribution in [0.3, 0.4) is 0 Å². The normalized spacial score (nSPS) is 22.8. The SMILES string of the molecule is CN1CCC(C)(c2ccc3c(c2)nc(C2(NC(=O)c4cccc(C(F)(F)F)c4)C=CC=N2)n3CCCO)C1=O. The zero-order valence-corrected chi connectivity index (χ0v) is 21.5. The summed E-state index contributed by atoms with van der Waals surface area (Å²) >= 11 is 0. The standard InChI is InChI=1S/C28H28F3N5O3/c1-26(11-14-35(2)25(26)39)19-8-9-22-21(17-19)33-24(36(22)13-5-15-37)27(10-4-12-32-27)34-23(38)18-6-3-7-20(16-18)28(29,30)31/h3-4,6-10,12,16-17,37H,5,11,13-15H2,1-2H3,(H,34,38). The first-order valence-electron chi connectivity index (χ1n) is 12.6. The third kappa shape index (κ3) is 4.60. The monoisotopic (exact) mass is 539 g/mol. The van der Waals surface area contributed by atoms with E-state index in [0.717, 1.165) is 17.7 Å². The molecule has 39 heavy (non-hydrogen) atoms. The van der Waals surface area contributed by atoms with Gasteiger partial charge in [0.2, 0.25) is 11.6 Å². The first-order chi connectivity index (χ1) is 18.5. The number of halogens is 3. The number of hydrogen-bond acceptors (Lipinski definition) is 5. The predicted octanol–water partition coefficient (Wildman–Crippen LogP) is 3.78. The number of amides is 2. The minimum atomic E-state index is -4.60. The second-order valence-electron chi connectivity index (χ2n) is 10.1. The number of hydrogen-bond donors (Lipinski definition) is 2. The van der Waals surface area contributed by atoms with Crippen LogP contribution in [0.2, 0.25) is 0 Å². The second kappa shape index (κ2) is 9.64. The van der Waals surface area contributed by atoms with Crippen LogP contribution in [0.15, 0.2) is 59.6 Å². The third-order valence-corrected chi connectivity index (χ3v) is 7.49. The molecule has 2 amide bonds. The third-order valence-electron chi connectivity index (χ3n) is 7.49. The maximum absolute atomic E-state index is 13.3. The molecule has 0 bridgehead atoms. The minimum absolute atomic E-state index is 0.0231. The zero-order chi connectivity index (χ0) is 28.0. The number of fused-ring (bicyclic) bond motifs is 1. The van der Waals surface area contributed by atoms with E-state index < -0.39 is 28.7 Å². The lowest BCUT2D eigenvalue weighted by Gasteiger charge is -2.26. The molecule has 0 radical (unpaired) electrons. The van der Waals surface area contributed by atoms with E-state index in [2.05, 4.69) is 10.3 Å². The Balaban J connectivity index is 1.58. The number of allylic oxidation sites excluding steroid dienone is 1. The number of likely N-dealkylation sites (N-methyl/N-ethyl adjacent to an activating group) is 1. The van der Waals surface area contributed by atoms with Crippen LogP contribution >= 0.6 is 0 Å². The van der Waals surface area contributed by atoms with Crippen LogP contribution in [0.4, 0.5) is 13.2 Å². The molecule has 1 saturated heterocycles. The summed E-state index contributed by atoms with van der Waals surface area (Å²) in [5.41, 5.74) is -1.17. The highest BCUT2D eigenvalue weighted by Crippen LogP contribution is 2.38. The molecule has 3 aromatic rings. The minimum Gasteiger partial charge on any atom is -0.396 e. The van der Waals surface area contributed by atoms with E-state index in [1.807, 2.05) is 29.7 Å². The van der Waals surface area contributed by atoms with Gasteiger partial charge in [-0.3, -0.25) is 14.6 Å². The fraction of sp³-hybridized carbons (Fsp3) is 0.357. The Morgan fingerprint density at radius 1 is 1.21 bits per heavy atom. The molecule has 2 unspecified atom stereocenters. The molecule has 1 aromatic heterocycles. The number of carbonyl (C=O) groups excluding carboxylic acids is 2. The van der Waals surface area contributed by atoms with Crippen molar-refractivity contribution in [3.63, 3.8) is 0 Å². The number of aromatic nitrogens is 2. The van der Waals surface area contributed by atoms with Crippen molar-refractivity contribution in [1.29, 1.82) is 0 Å². The van der Waals surface area contributed by atoms with Crippen LogP contribution in [0.5, 0.6) is 0 Å². The van der Waals surface area contributed by atoms with E-state index in [1.165, 1.54) is 18.3 Å². The number of aliphatic imine (C=N–C) groups is 1. The molecule has 2 aliphatic heterocycles. The molecule has 0 aliphatic carbocycles. The van der Waals surface area contributed by atoms with Crippen molar-refractivity contribution in [2.75, 3.05) is 20.2 Å². The molecule has 2 N–H and O–H groups in total. The number of likely N-dealkylation sites (tertiary alicyclic amines) is 1. The Morgan fingerprint density at radius 3 is 2.64 bits per heavy atom. The zero-order valence-electron chi connectivity index (χ0n) is 21.5. The quantitative estimate of drug-likeness (QED) is 0.477. The van der Waals surface area contributed by atoms with Gasteiger partial charge in [-0.25, -0.2) is 4.98 Å². The molecule has 3 heterocycles. The molecule has 2 atom stereocenters. The van der Waals surface area contributed by atoms with Gasteiger partial charge >= 0.3 is 6.18 Å². The molecular formula is C28H28F3N5O3. The molecule has 204 valence electrons. The molecule has 11 heteroatoms. The lowest BCUT2D eigenvalue weighted by atomic mass is 9.81. The van der Waals surface area contributed by atoms with Crippen molar-refractivity contribution in [2.24, 2.45) is 4.99 Å². The molecular weight excluding hydrogens is 511 g/mol. The number of alkyl halides is 3. The van der Waals surface area contributed by atoms with Crippen LogP contribution in [-0.2, 0) is 28.6 Å². The van der Waals surface area contributed by atoms with E-state index in [-0.39, 0.29) is 18.1 Å². The summed E-state index contributed by atoms with van der Waals surface area (Å²) < 4.78 is 41.6. The largest absolute Gasteiger partial charge is 0.416 e.